The number of aromatic nitrogens is 1. The van der Waals surface area contributed by atoms with Crippen LogP contribution in [0, 0.1) is 6.92 Å². The Morgan fingerprint density at radius 2 is 1.88 bits per heavy atom. The fourth-order valence-corrected chi connectivity index (χ4v) is 3.14. The molecule has 4 aromatic rings. The first-order valence-electron chi connectivity index (χ1n) is 8.39. The van der Waals surface area contributed by atoms with Gasteiger partial charge in [0.2, 0.25) is 0 Å². The Morgan fingerprint density at radius 1 is 1.08 bits per heavy atom. The van der Waals surface area contributed by atoms with E-state index in [0.29, 0.717) is 12.1 Å². The van der Waals surface area contributed by atoms with Crippen LogP contribution in [0.3, 0.4) is 0 Å². The van der Waals surface area contributed by atoms with E-state index in [9.17, 15) is 9.59 Å². The number of benzene rings is 2. The zero-order valence-corrected chi connectivity index (χ0v) is 14.6. The predicted molar refractivity (Wildman–Crippen MR) is 101 cm³/mol. The number of rotatable bonds is 3. The molecule has 0 radical (unpaired) electrons. The number of nitrogens with one attached hydrogen (secondary N) is 1. The van der Waals surface area contributed by atoms with Crippen LogP contribution in [0.15, 0.2) is 63.8 Å². The van der Waals surface area contributed by atoms with E-state index in [1.807, 2.05) is 31.3 Å². The molecule has 0 aliphatic carbocycles. The predicted octanol–water partition coefficient (Wildman–Crippen LogP) is 3.52. The summed E-state index contributed by atoms with van der Waals surface area (Å²) in [5.74, 6) is -0.436. The number of fused-ring (bicyclic) bond motifs is 2. The lowest BCUT2D eigenvalue weighted by atomic mass is 10.1. The summed E-state index contributed by atoms with van der Waals surface area (Å²) in [5.41, 5.74) is 3.15. The van der Waals surface area contributed by atoms with E-state index < -0.39 is 11.5 Å². The summed E-state index contributed by atoms with van der Waals surface area (Å²) in [6.45, 7) is 2.40. The van der Waals surface area contributed by atoms with Gasteiger partial charge in [0, 0.05) is 35.6 Å². The fourth-order valence-electron chi connectivity index (χ4n) is 3.14. The molecular weight excluding hydrogens is 328 g/mol. The number of hydrogen-bond acceptors (Lipinski definition) is 3. The second kappa shape index (κ2) is 6.19. The lowest BCUT2D eigenvalue weighted by Crippen LogP contribution is -2.27. The molecule has 2 aromatic heterocycles. The van der Waals surface area contributed by atoms with Crippen molar-refractivity contribution in [2.24, 2.45) is 7.05 Å². The van der Waals surface area contributed by atoms with Gasteiger partial charge in [0.1, 0.15) is 11.1 Å². The molecule has 0 unspecified atom stereocenters. The van der Waals surface area contributed by atoms with E-state index in [0.717, 1.165) is 21.9 Å². The van der Waals surface area contributed by atoms with Gasteiger partial charge in [0.05, 0.1) is 0 Å². The van der Waals surface area contributed by atoms with E-state index in [2.05, 4.69) is 22.9 Å². The number of hydrogen-bond donors (Lipinski definition) is 1. The normalized spacial score (nSPS) is 11.2. The lowest BCUT2D eigenvalue weighted by molar-refractivity contribution is 0.0947. The average Bonchev–Trinajstić information content (AvgIpc) is 2.92. The minimum absolute atomic E-state index is 0.0142. The number of carbonyl (C=O) groups excluding carboxylic acids is 1. The van der Waals surface area contributed by atoms with Crippen LogP contribution in [0.4, 0.5) is 0 Å². The van der Waals surface area contributed by atoms with Crippen molar-refractivity contribution in [1.29, 1.82) is 0 Å². The van der Waals surface area contributed by atoms with Gasteiger partial charge in [0.25, 0.3) is 5.91 Å². The molecule has 0 atom stereocenters. The van der Waals surface area contributed by atoms with Crippen LogP contribution in [0.1, 0.15) is 21.6 Å². The molecule has 26 heavy (non-hydrogen) atoms. The molecule has 0 fully saturated rings. The van der Waals surface area contributed by atoms with Gasteiger partial charge < -0.3 is 14.3 Å². The van der Waals surface area contributed by atoms with E-state index in [4.69, 9.17) is 4.42 Å². The monoisotopic (exact) mass is 346 g/mol. The second-order valence-corrected chi connectivity index (χ2v) is 6.41. The van der Waals surface area contributed by atoms with Gasteiger partial charge in [-0.3, -0.25) is 4.79 Å². The van der Waals surface area contributed by atoms with Gasteiger partial charge in [0.15, 0.2) is 0 Å². The Bertz CT molecular complexity index is 1200. The van der Waals surface area contributed by atoms with Crippen molar-refractivity contribution >= 4 is 27.8 Å². The fraction of sp³-hybridized carbons (Fsp3) is 0.143. The van der Waals surface area contributed by atoms with Crippen LogP contribution < -0.4 is 10.9 Å². The maximum Gasteiger partial charge on any atom is 0.349 e. The van der Waals surface area contributed by atoms with Gasteiger partial charge in [-0.15, -0.1) is 0 Å². The molecule has 0 aliphatic heterocycles. The third-order valence-corrected chi connectivity index (χ3v) is 4.69. The number of aryl methyl sites for hydroxylation is 2. The summed E-state index contributed by atoms with van der Waals surface area (Å²) >= 11 is 0. The van der Waals surface area contributed by atoms with Crippen molar-refractivity contribution in [2.45, 2.75) is 13.5 Å². The highest BCUT2D eigenvalue weighted by Crippen LogP contribution is 2.20. The van der Waals surface area contributed by atoms with Crippen LogP contribution in [0.25, 0.3) is 21.9 Å². The largest absolute Gasteiger partial charge is 0.422 e. The van der Waals surface area contributed by atoms with Crippen molar-refractivity contribution in [3.8, 4) is 0 Å². The lowest BCUT2D eigenvalue weighted by Gasteiger charge is -2.06. The summed E-state index contributed by atoms with van der Waals surface area (Å²) in [6, 6.07) is 16.9. The molecule has 2 aromatic carbocycles. The zero-order chi connectivity index (χ0) is 18.3. The van der Waals surface area contributed by atoms with Crippen LogP contribution in [-0.2, 0) is 13.6 Å². The van der Waals surface area contributed by atoms with Crippen LogP contribution in [0.5, 0.6) is 0 Å². The quantitative estimate of drug-likeness (QED) is 0.577. The van der Waals surface area contributed by atoms with E-state index >= 15 is 0 Å². The summed E-state index contributed by atoms with van der Waals surface area (Å²) in [7, 11) is 2.03. The molecule has 5 heteroatoms. The SMILES string of the molecule is Cc1cc2cc(CNC(=O)c3cc4ccccc4oc3=O)ccc2n1C. The third kappa shape index (κ3) is 2.77. The molecule has 0 saturated carbocycles. The molecule has 0 aliphatic rings. The summed E-state index contributed by atoms with van der Waals surface area (Å²) < 4.78 is 7.34. The molecule has 0 saturated heterocycles. The third-order valence-electron chi connectivity index (χ3n) is 4.69. The first-order chi connectivity index (χ1) is 12.5. The average molecular weight is 346 g/mol. The maximum absolute atomic E-state index is 12.4. The van der Waals surface area contributed by atoms with Crippen molar-refractivity contribution in [3.05, 3.63) is 81.8 Å². The first kappa shape index (κ1) is 16.1. The molecule has 0 bridgehead atoms. The topological polar surface area (TPSA) is 64.2 Å². The Kier molecular flexibility index (Phi) is 3.84. The standard InChI is InChI=1S/C21H18N2O3/c1-13-9-16-10-14(7-8-18(16)23(13)2)12-22-20(24)17-11-15-5-3-4-6-19(15)26-21(17)25/h3-11H,12H2,1-2H3,(H,22,24). The highest BCUT2D eigenvalue weighted by molar-refractivity contribution is 5.96. The molecule has 1 amide bonds. The zero-order valence-electron chi connectivity index (χ0n) is 14.6. The Morgan fingerprint density at radius 3 is 2.73 bits per heavy atom. The molecule has 130 valence electrons. The van der Waals surface area contributed by atoms with Gasteiger partial charge in [-0.1, -0.05) is 24.3 Å². The van der Waals surface area contributed by atoms with Gasteiger partial charge in [-0.25, -0.2) is 4.79 Å². The Labute approximate surface area is 149 Å². The number of amides is 1. The van der Waals surface area contributed by atoms with Gasteiger partial charge >= 0.3 is 5.63 Å². The second-order valence-electron chi connectivity index (χ2n) is 6.41. The number of nitrogens with zero attached hydrogens (tertiary/aromatic N) is 1. The van der Waals surface area contributed by atoms with E-state index in [1.165, 1.54) is 5.69 Å². The van der Waals surface area contributed by atoms with Crippen LogP contribution >= 0.6 is 0 Å². The molecule has 0 spiro atoms. The van der Waals surface area contributed by atoms with Crippen molar-refractivity contribution in [1.82, 2.24) is 9.88 Å². The number of para-hydroxylation sites is 1. The summed E-state index contributed by atoms with van der Waals surface area (Å²) in [6.07, 6.45) is 0. The van der Waals surface area contributed by atoms with E-state index in [-0.39, 0.29) is 5.56 Å². The highest BCUT2D eigenvalue weighted by Gasteiger charge is 2.13. The molecule has 1 N–H and O–H groups in total. The summed E-state index contributed by atoms with van der Waals surface area (Å²) in [4.78, 5) is 24.5. The highest BCUT2D eigenvalue weighted by atomic mass is 16.4. The molecular formula is C21H18N2O3. The van der Waals surface area contributed by atoms with Gasteiger partial charge in [-0.2, -0.15) is 0 Å². The maximum atomic E-state index is 12.4. The number of carbonyl (C=O) groups is 1. The van der Waals surface area contributed by atoms with Crippen LogP contribution in [0.2, 0.25) is 0 Å². The minimum Gasteiger partial charge on any atom is -0.422 e. The summed E-state index contributed by atoms with van der Waals surface area (Å²) in [5, 5.41) is 4.65. The molecule has 2 heterocycles. The van der Waals surface area contributed by atoms with Crippen molar-refractivity contribution < 1.29 is 9.21 Å². The van der Waals surface area contributed by atoms with Gasteiger partial charge in [-0.05, 0) is 42.8 Å². The molecule has 4 rings (SSSR count). The van der Waals surface area contributed by atoms with Crippen LogP contribution in [-0.4, -0.2) is 10.5 Å². The van der Waals surface area contributed by atoms with E-state index in [1.54, 1.807) is 24.3 Å². The first-order valence-corrected chi connectivity index (χ1v) is 8.39. The molecule has 5 nitrogen and oxygen atoms in total. The Hall–Kier alpha value is -3.34. The Balaban J connectivity index is 1.57. The van der Waals surface area contributed by atoms with Crippen molar-refractivity contribution in [2.75, 3.05) is 0 Å². The van der Waals surface area contributed by atoms with Crippen molar-refractivity contribution in [3.63, 3.8) is 0 Å². The smallest absolute Gasteiger partial charge is 0.349 e. The minimum atomic E-state index is -0.629.